The van der Waals surface area contributed by atoms with E-state index in [-0.39, 0.29) is 5.82 Å². The monoisotopic (exact) mass is 302 g/mol. The molecule has 0 radical (unpaired) electrons. The number of nitrogens with zero attached hydrogens (tertiary/aromatic N) is 3. The average molecular weight is 302 g/mol. The zero-order valence-electron chi connectivity index (χ0n) is 13.2. The summed E-state index contributed by atoms with van der Waals surface area (Å²) in [6, 6.07) is 7.11. The van der Waals surface area contributed by atoms with Crippen molar-refractivity contribution in [3.8, 4) is 0 Å². The summed E-state index contributed by atoms with van der Waals surface area (Å²) >= 11 is 0. The number of benzene rings is 1. The third-order valence-corrected chi connectivity index (χ3v) is 3.60. The van der Waals surface area contributed by atoms with Crippen LogP contribution in [-0.2, 0) is 0 Å². The number of nitrogens with one attached hydrogen (secondary N) is 1. The van der Waals surface area contributed by atoms with Gasteiger partial charge in [0.2, 0.25) is 0 Å². The predicted octanol–water partition coefficient (Wildman–Crippen LogP) is 3.68. The van der Waals surface area contributed by atoms with Crippen molar-refractivity contribution in [1.82, 2.24) is 4.90 Å². The quantitative estimate of drug-likeness (QED) is 0.512. The van der Waals surface area contributed by atoms with Gasteiger partial charge in [-0.2, -0.15) is 5.10 Å². The Labute approximate surface area is 131 Å². The molecule has 4 nitrogen and oxygen atoms in total. The van der Waals surface area contributed by atoms with Crippen LogP contribution in [0.25, 0.3) is 0 Å². The van der Waals surface area contributed by atoms with Crippen molar-refractivity contribution < 1.29 is 4.39 Å². The Bertz CT molecular complexity index is 558. The van der Waals surface area contributed by atoms with Crippen LogP contribution in [0.15, 0.2) is 46.6 Å². The number of piperidine rings is 1. The summed E-state index contributed by atoms with van der Waals surface area (Å²) in [5.74, 6) is -0.194. The number of halogens is 1. The van der Waals surface area contributed by atoms with Crippen LogP contribution in [0.4, 0.5) is 10.1 Å². The van der Waals surface area contributed by atoms with Gasteiger partial charge < -0.3 is 10.2 Å². The number of rotatable bonds is 5. The van der Waals surface area contributed by atoms with E-state index in [0.717, 1.165) is 31.6 Å². The van der Waals surface area contributed by atoms with Gasteiger partial charge in [0, 0.05) is 19.1 Å². The molecule has 1 fully saturated rings. The first-order valence-corrected chi connectivity index (χ1v) is 7.64. The van der Waals surface area contributed by atoms with Crippen LogP contribution in [0.1, 0.15) is 26.7 Å². The molecule has 2 rings (SSSR count). The van der Waals surface area contributed by atoms with E-state index < -0.39 is 0 Å². The molecule has 0 unspecified atom stereocenters. The average Bonchev–Trinajstić information content (AvgIpc) is 2.51. The van der Waals surface area contributed by atoms with E-state index in [1.54, 1.807) is 18.5 Å². The zero-order chi connectivity index (χ0) is 15.8. The molecule has 1 N–H and O–H groups in total. The first-order valence-electron chi connectivity index (χ1n) is 7.64. The molecule has 0 atom stereocenters. The van der Waals surface area contributed by atoms with Gasteiger partial charge in [0.25, 0.3) is 0 Å². The largest absolute Gasteiger partial charge is 0.380 e. The van der Waals surface area contributed by atoms with Gasteiger partial charge in [-0.3, -0.25) is 0 Å². The van der Waals surface area contributed by atoms with Crippen molar-refractivity contribution in [2.24, 2.45) is 10.2 Å². The van der Waals surface area contributed by atoms with Gasteiger partial charge in [-0.05, 0) is 44.9 Å². The van der Waals surface area contributed by atoms with E-state index in [1.165, 1.54) is 6.07 Å². The van der Waals surface area contributed by atoms with Gasteiger partial charge in [-0.25, -0.2) is 4.39 Å². The molecule has 22 heavy (non-hydrogen) atoms. The van der Waals surface area contributed by atoms with Crippen molar-refractivity contribution in [2.75, 3.05) is 18.4 Å². The van der Waals surface area contributed by atoms with E-state index >= 15 is 0 Å². The van der Waals surface area contributed by atoms with Crippen LogP contribution in [-0.4, -0.2) is 36.1 Å². The Hall–Kier alpha value is -2.17. The molecule has 0 spiro atoms. The van der Waals surface area contributed by atoms with Crippen molar-refractivity contribution in [1.29, 1.82) is 0 Å². The number of anilines is 1. The number of allylic oxidation sites excluding steroid dienone is 2. The highest BCUT2D eigenvalue weighted by molar-refractivity contribution is 5.92. The molecule has 0 aliphatic carbocycles. The van der Waals surface area contributed by atoms with Crippen LogP contribution in [0.5, 0.6) is 0 Å². The molecule has 0 amide bonds. The topological polar surface area (TPSA) is 40.0 Å². The van der Waals surface area contributed by atoms with E-state index in [2.05, 4.69) is 20.4 Å². The number of hydrogen-bond acceptors (Lipinski definition) is 3. The SMILES string of the molecule is C\C=C/C(C)=N\N=C\N1CCC(Nc2ccccc2F)CC1. The minimum absolute atomic E-state index is 0.194. The van der Waals surface area contributed by atoms with Gasteiger partial charge in [0.1, 0.15) is 12.2 Å². The van der Waals surface area contributed by atoms with Crippen molar-refractivity contribution in [3.63, 3.8) is 0 Å². The summed E-state index contributed by atoms with van der Waals surface area (Å²) in [6.45, 7) is 5.67. The lowest BCUT2D eigenvalue weighted by atomic mass is 10.1. The third-order valence-electron chi connectivity index (χ3n) is 3.60. The Morgan fingerprint density at radius 2 is 2.05 bits per heavy atom. The lowest BCUT2D eigenvalue weighted by Gasteiger charge is -2.31. The van der Waals surface area contributed by atoms with E-state index in [4.69, 9.17) is 0 Å². The molecule has 118 valence electrons. The third kappa shape index (κ3) is 4.98. The van der Waals surface area contributed by atoms with Crippen molar-refractivity contribution in [3.05, 3.63) is 42.2 Å². The first-order chi connectivity index (χ1) is 10.7. The first kappa shape index (κ1) is 16.2. The molecule has 1 saturated heterocycles. The van der Waals surface area contributed by atoms with Crippen molar-refractivity contribution >= 4 is 17.7 Å². The molecule has 1 aromatic carbocycles. The fourth-order valence-electron chi connectivity index (χ4n) is 2.42. The van der Waals surface area contributed by atoms with E-state index in [1.807, 2.05) is 32.1 Å². The molecule has 0 saturated carbocycles. The normalized spacial score (nSPS) is 17.6. The number of para-hydroxylation sites is 1. The Balaban J connectivity index is 1.80. The Morgan fingerprint density at radius 1 is 1.32 bits per heavy atom. The maximum Gasteiger partial charge on any atom is 0.146 e. The molecule has 0 aromatic heterocycles. The molecule has 1 aliphatic rings. The highest BCUT2D eigenvalue weighted by atomic mass is 19.1. The van der Waals surface area contributed by atoms with Gasteiger partial charge in [0.15, 0.2) is 0 Å². The predicted molar refractivity (Wildman–Crippen MR) is 91.0 cm³/mol. The molecule has 1 aliphatic heterocycles. The summed E-state index contributed by atoms with van der Waals surface area (Å²) < 4.78 is 13.6. The second-order valence-corrected chi connectivity index (χ2v) is 5.41. The fraction of sp³-hybridized carbons (Fsp3) is 0.412. The van der Waals surface area contributed by atoms with Gasteiger partial charge in [0.05, 0.1) is 11.4 Å². The van der Waals surface area contributed by atoms with Crippen molar-refractivity contribution in [2.45, 2.75) is 32.7 Å². The maximum absolute atomic E-state index is 13.6. The molecular weight excluding hydrogens is 279 g/mol. The van der Waals surface area contributed by atoms with E-state index in [9.17, 15) is 4.39 Å². The van der Waals surface area contributed by atoms with Gasteiger partial charge in [-0.1, -0.05) is 18.2 Å². The summed E-state index contributed by atoms with van der Waals surface area (Å²) in [4.78, 5) is 2.14. The number of hydrogen-bond donors (Lipinski definition) is 1. The smallest absolute Gasteiger partial charge is 0.146 e. The molecular formula is C17H23FN4. The molecule has 5 heteroatoms. The highest BCUT2D eigenvalue weighted by Gasteiger charge is 2.18. The second kappa shape index (κ2) is 8.32. The zero-order valence-corrected chi connectivity index (χ0v) is 13.2. The van der Waals surface area contributed by atoms with Gasteiger partial charge in [-0.15, -0.1) is 5.10 Å². The summed E-state index contributed by atoms with van der Waals surface area (Å²) in [6.07, 6.45) is 7.55. The lowest BCUT2D eigenvalue weighted by Crippen LogP contribution is -2.38. The summed E-state index contributed by atoms with van der Waals surface area (Å²) in [7, 11) is 0. The van der Waals surface area contributed by atoms with E-state index in [0.29, 0.717) is 11.7 Å². The Morgan fingerprint density at radius 3 is 2.73 bits per heavy atom. The summed E-state index contributed by atoms with van der Waals surface area (Å²) in [5, 5.41) is 11.5. The fourth-order valence-corrected chi connectivity index (χ4v) is 2.42. The van der Waals surface area contributed by atoms with Crippen LogP contribution >= 0.6 is 0 Å². The lowest BCUT2D eigenvalue weighted by molar-refractivity contribution is 0.330. The number of likely N-dealkylation sites (tertiary alicyclic amines) is 1. The second-order valence-electron chi connectivity index (χ2n) is 5.41. The standard InChI is InChI=1S/C17H23FN4/c1-3-6-14(2)21-19-13-22-11-9-15(10-12-22)20-17-8-5-4-7-16(17)18/h3-8,13,15,20H,9-12H2,1-2H3/b6-3-,19-13+,21-14-. The molecule has 1 heterocycles. The molecule has 1 aromatic rings. The van der Waals surface area contributed by atoms with Crippen LogP contribution < -0.4 is 5.32 Å². The minimum Gasteiger partial charge on any atom is -0.380 e. The Kier molecular flexibility index (Phi) is 6.13. The summed E-state index contributed by atoms with van der Waals surface area (Å²) in [5.41, 5.74) is 1.47. The maximum atomic E-state index is 13.6. The van der Waals surface area contributed by atoms with Crippen LogP contribution in [0, 0.1) is 5.82 Å². The van der Waals surface area contributed by atoms with Crippen LogP contribution in [0.3, 0.4) is 0 Å². The minimum atomic E-state index is -0.194. The van der Waals surface area contributed by atoms with Gasteiger partial charge >= 0.3 is 0 Å². The molecule has 0 bridgehead atoms. The van der Waals surface area contributed by atoms with Crippen LogP contribution in [0.2, 0.25) is 0 Å². The highest BCUT2D eigenvalue weighted by Crippen LogP contribution is 2.18.